The first kappa shape index (κ1) is 20.8. The van der Waals surface area contributed by atoms with E-state index < -0.39 is 5.91 Å². The third-order valence-corrected chi connectivity index (χ3v) is 4.18. The first-order chi connectivity index (χ1) is 14.5. The van der Waals surface area contributed by atoms with Gasteiger partial charge in [0, 0.05) is 30.7 Å². The number of nitrogens with zero attached hydrogens (tertiary/aromatic N) is 4. The molecule has 0 atom stereocenters. The van der Waals surface area contributed by atoms with Crippen LogP contribution in [-0.4, -0.2) is 45.2 Å². The largest absolute Gasteiger partial charge is 0.497 e. The average molecular weight is 409 g/mol. The van der Waals surface area contributed by atoms with Crippen LogP contribution in [0.4, 0.5) is 11.5 Å². The molecule has 2 heterocycles. The van der Waals surface area contributed by atoms with Gasteiger partial charge in [0.25, 0.3) is 11.8 Å². The van der Waals surface area contributed by atoms with Crippen molar-refractivity contribution in [3.63, 3.8) is 0 Å². The van der Waals surface area contributed by atoms with Crippen LogP contribution in [0.5, 0.6) is 5.75 Å². The molecule has 156 valence electrons. The standard InChI is InChI=1S/C20H23N7O3/c1-3-4-24-19(28)14-7-13(8-16(9-14)30-2)11-27-12-15(10-25-27)26-20(29)17-18(21)23-6-5-22-17/h5-10,12H,3-4,11H2,1-2H3,(H2,21,23)(H,24,28)(H,26,29). The summed E-state index contributed by atoms with van der Waals surface area (Å²) >= 11 is 0. The van der Waals surface area contributed by atoms with Crippen molar-refractivity contribution in [1.82, 2.24) is 25.1 Å². The summed E-state index contributed by atoms with van der Waals surface area (Å²) in [5.74, 6) is -0.0102. The van der Waals surface area contributed by atoms with Gasteiger partial charge in [-0.05, 0) is 30.2 Å². The van der Waals surface area contributed by atoms with Crippen LogP contribution < -0.4 is 21.1 Å². The molecule has 4 N–H and O–H groups in total. The van der Waals surface area contributed by atoms with Gasteiger partial charge in [0.2, 0.25) is 0 Å². The van der Waals surface area contributed by atoms with Crippen LogP contribution in [0, 0.1) is 0 Å². The molecular formula is C20H23N7O3. The number of carbonyl (C=O) groups excluding carboxylic acids is 2. The maximum atomic E-state index is 12.3. The van der Waals surface area contributed by atoms with Gasteiger partial charge >= 0.3 is 0 Å². The van der Waals surface area contributed by atoms with E-state index in [1.165, 1.54) is 18.6 Å². The van der Waals surface area contributed by atoms with Gasteiger partial charge in [-0.2, -0.15) is 5.10 Å². The summed E-state index contributed by atoms with van der Waals surface area (Å²) in [5, 5.41) is 9.79. The highest BCUT2D eigenvalue weighted by atomic mass is 16.5. The zero-order valence-corrected chi connectivity index (χ0v) is 16.8. The second kappa shape index (κ2) is 9.50. The number of anilines is 2. The zero-order chi connectivity index (χ0) is 21.5. The smallest absolute Gasteiger partial charge is 0.278 e. The molecule has 2 aromatic heterocycles. The number of methoxy groups -OCH3 is 1. The topological polar surface area (TPSA) is 137 Å². The molecule has 0 aliphatic heterocycles. The number of ether oxygens (including phenoxy) is 1. The Bertz CT molecular complexity index is 1050. The van der Waals surface area contributed by atoms with E-state index in [-0.39, 0.29) is 17.4 Å². The SMILES string of the molecule is CCCNC(=O)c1cc(Cn2cc(NC(=O)c3nccnc3N)cn2)cc(OC)c1. The minimum Gasteiger partial charge on any atom is -0.497 e. The van der Waals surface area contributed by atoms with Crippen LogP contribution in [0.25, 0.3) is 0 Å². The highest BCUT2D eigenvalue weighted by Gasteiger charge is 2.14. The number of carbonyl (C=O) groups is 2. The Kier molecular flexibility index (Phi) is 6.58. The number of amides is 2. The number of nitrogens with two attached hydrogens (primary N) is 1. The van der Waals surface area contributed by atoms with Crippen LogP contribution in [-0.2, 0) is 6.54 Å². The summed E-state index contributed by atoms with van der Waals surface area (Å²) < 4.78 is 6.95. The fourth-order valence-corrected chi connectivity index (χ4v) is 2.76. The maximum Gasteiger partial charge on any atom is 0.278 e. The molecule has 0 fully saturated rings. The lowest BCUT2D eigenvalue weighted by Crippen LogP contribution is -2.24. The first-order valence-corrected chi connectivity index (χ1v) is 9.36. The zero-order valence-electron chi connectivity index (χ0n) is 16.8. The number of rotatable bonds is 8. The van der Waals surface area contributed by atoms with Crippen molar-refractivity contribution in [2.45, 2.75) is 19.9 Å². The Morgan fingerprint density at radius 3 is 2.70 bits per heavy atom. The molecule has 10 nitrogen and oxygen atoms in total. The quantitative estimate of drug-likeness (QED) is 0.515. The molecule has 0 aliphatic rings. The van der Waals surface area contributed by atoms with Crippen molar-refractivity contribution in [3.05, 3.63) is 59.8 Å². The Morgan fingerprint density at radius 2 is 1.97 bits per heavy atom. The summed E-state index contributed by atoms with van der Waals surface area (Å²) in [5.41, 5.74) is 7.54. The predicted octanol–water partition coefficient (Wildman–Crippen LogP) is 1.70. The lowest BCUT2D eigenvalue weighted by Gasteiger charge is -2.10. The van der Waals surface area contributed by atoms with E-state index >= 15 is 0 Å². The van der Waals surface area contributed by atoms with E-state index in [0.29, 0.717) is 30.1 Å². The highest BCUT2D eigenvalue weighted by Crippen LogP contribution is 2.19. The Hall–Kier alpha value is -3.95. The molecule has 10 heteroatoms. The van der Waals surface area contributed by atoms with Crippen molar-refractivity contribution in [2.75, 3.05) is 24.7 Å². The summed E-state index contributed by atoms with van der Waals surface area (Å²) in [4.78, 5) is 32.4. The fraction of sp³-hybridized carbons (Fsp3) is 0.250. The Balaban J connectivity index is 1.73. The number of aromatic nitrogens is 4. The minimum atomic E-state index is -0.476. The number of nitrogens with one attached hydrogen (secondary N) is 2. The molecule has 30 heavy (non-hydrogen) atoms. The first-order valence-electron chi connectivity index (χ1n) is 9.36. The van der Waals surface area contributed by atoms with Gasteiger partial charge in [-0.1, -0.05) is 6.92 Å². The van der Waals surface area contributed by atoms with Crippen LogP contribution in [0.15, 0.2) is 43.0 Å². The molecule has 0 aliphatic carbocycles. The fourth-order valence-electron chi connectivity index (χ4n) is 2.76. The van der Waals surface area contributed by atoms with Crippen LogP contribution >= 0.6 is 0 Å². The normalized spacial score (nSPS) is 10.5. The van der Waals surface area contributed by atoms with Gasteiger partial charge in [-0.15, -0.1) is 0 Å². The highest BCUT2D eigenvalue weighted by molar-refractivity contribution is 6.05. The van der Waals surface area contributed by atoms with Crippen molar-refractivity contribution in [2.24, 2.45) is 0 Å². The van der Waals surface area contributed by atoms with Gasteiger partial charge < -0.3 is 21.1 Å². The molecule has 2 amide bonds. The van der Waals surface area contributed by atoms with Crippen molar-refractivity contribution < 1.29 is 14.3 Å². The second-order valence-electron chi connectivity index (χ2n) is 6.50. The summed E-state index contributed by atoms with van der Waals surface area (Å²) in [6.45, 7) is 2.97. The predicted molar refractivity (Wildman–Crippen MR) is 111 cm³/mol. The van der Waals surface area contributed by atoms with Gasteiger partial charge in [0.15, 0.2) is 11.5 Å². The molecule has 1 aromatic carbocycles. The Labute approximate surface area is 173 Å². The van der Waals surface area contributed by atoms with Crippen molar-refractivity contribution in [1.29, 1.82) is 0 Å². The molecule has 0 saturated carbocycles. The van der Waals surface area contributed by atoms with E-state index in [9.17, 15) is 9.59 Å². The van der Waals surface area contributed by atoms with Crippen LogP contribution in [0.1, 0.15) is 39.8 Å². The van der Waals surface area contributed by atoms with Crippen molar-refractivity contribution >= 4 is 23.3 Å². The summed E-state index contributed by atoms with van der Waals surface area (Å²) in [7, 11) is 1.55. The molecule has 0 spiro atoms. The summed E-state index contributed by atoms with van der Waals surface area (Å²) in [6, 6.07) is 5.30. The monoisotopic (exact) mass is 409 g/mol. The van der Waals surface area contributed by atoms with E-state index in [1.807, 2.05) is 13.0 Å². The molecule has 0 radical (unpaired) electrons. The summed E-state index contributed by atoms with van der Waals surface area (Å²) in [6.07, 6.45) is 6.84. The van der Waals surface area contributed by atoms with Gasteiger partial charge in [-0.3, -0.25) is 14.3 Å². The third-order valence-electron chi connectivity index (χ3n) is 4.18. The number of hydrogen-bond donors (Lipinski definition) is 3. The van der Waals surface area contributed by atoms with Gasteiger partial charge in [0.1, 0.15) is 5.75 Å². The Morgan fingerprint density at radius 1 is 1.17 bits per heavy atom. The molecule has 3 aromatic rings. The second-order valence-corrected chi connectivity index (χ2v) is 6.50. The van der Waals surface area contributed by atoms with E-state index in [4.69, 9.17) is 10.5 Å². The molecular weight excluding hydrogens is 386 g/mol. The van der Waals surface area contributed by atoms with Crippen LogP contribution in [0.2, 0.25) is 0 Å². The number of benzene rings is 1. The van der Waals surface area contributed by atoms with Crippen molar-refractivity contribution in [3.8, 4) is 5.75 Å². The average Bonchev–Trinajstić information content (AvgIpc) is 3.18. The molecule has 0 unspecified atom stereocenters. The van der Waals surface area contributed by atoms with E-state index in [2.05, 4.69) is 25.7 Å². The molecule has 0 saturated heterocycles. The number of nitrogen functional groups attached to an aromatic ring is 1. The van der Waals surface area contributed by atoms with Crippen LogP contribution in [0.3, 0.4) is 0 Å². The number of hydrogen-bond acceptors (Lipinski definition) is 7. The minimum absolute atomic E-state index is 0.0424. The lowest BCUT2D eigenvalue weighted by atomic mass is 10.1. The van der Waals surface area contributed by atoms with E-state index in [1.54, 1.807) is 30.1 Å². The maximum absolute atomic E-state index is 12.3. The third kappa shape index (κ3) is 5.10. The molecule has 3 rings (SSSR count). The molecule has 0 bridgehead atoms. The van der Waals surface area contributed by atoms with Gasteiger partial charge in [0.05, 0.1) is 25.5 Å². The van der Waals surface area contributed by atoms with E-state index in [0.717, 1.165) is 12.0 Å². The lowest BCUT2D eigenvalue weighted by molar-refractivity contribution is 0.0952. The van der Waals surface area contributed by atoms with Gasteiger partial charge in [-0.25, -0.2) is 9.97 Å².